The minimum atomic E-state index is -0.554. The van der Waals surface area contributed by atoms with Crippen LogP contribution in [0.1, 0.15) is 12.3 Å². The molecule has 3 heterocycles. The van der Waals surface area contributed by atoms with Crippen molar-refractivity contribution in [3.8, 4) is 51.0 Å². The van der Waals surface area contributed by atoms with Gasteiger partial charge in [0, 0.05) is 38.2 Å². The minimum absolute atomic E-state index is 0.0234. The van der Waals surface area contributed by atoms with Crippen molar-refractivity contribution in [2.75, 3.05) is 0 Å². The van der Waals surface area contributed by atoms with Crippen LogP contribution in [0.15, 0.2) is 174 Å². The smallest absolute Gasteiger partial charge is 0.238 e. The highest BCUT2D eigenvalue weighted by molar-refractivity contribution is 6.14. The summed E-state index contributed by atoms with van der Waals surface area (Å²) in [4.78, 5) is 15.2. The van der Waals surface area contributed by atoms with Crippen LogP contribution < -0.4 is 0 Å². The van der Waals surface area contributed by atoms with Gasteiger partial charge in [0.1, 0.15) is 11.2 Å². The van der Waals surface area contributed by atoms with Gasteiger partial charge in [-0.05, 0) is 40.9 Å². The highest BCUT2D eigenvalue weighted by Crippen LogP contribution is 2.40. The molecule has 0 N–H and O–H groups in total. The molecule has 0 atom stereocenters. The van der Waals surface area contributed by atoms with Gasteiger partial charge < -0.3 is 4.42 Å². The maximum absolute atomic E-state index is 9.29. The van der Waals surface area contributed by atoms with E-state index in [4.69, 9.17) is 30.3 Å². The number of fused-ring (bicyclic) bond motifs is 6. The Bertz CT molecular complexity index is 3370. The molecular formula is C45H28N4O. The molecule has 3 aromatic heterocycles. The van der Waals surface area contributed by atoms with E-state index >= 15 is 0 Å². The Morgan fingerprint density at radius 1 is 0.480 bits per heavy atom. The molecule has 50 heavy (non-hydrogen) atoms. The van der Waals surface area contributed by atoms with Crippen LogP contribution in [0.5, 0.6) is 0 Å². The van der Waals surface area contributed by atoms with E-state index in [9.17, 15) is 1.37 Å². The summed E-state index contributed by atoms with van der Waals surface area (Å²) in [6.45, 7) is 0. The van der Waals surface area contributed by atoms with E-state index in [0.29, 0.717) is 27.7 Å². The molecule has 10 rings (SSSR count). The Labute approximate surface area is 300 Å². The molecule has 0 amide bonds. The maximum atomic E-state index is 9.29. The van der Waals surface area contributed by atoms with Gasteiger partial charge in [-0.25, -0.2) is 4.98 Å². The summed E-state index contributed by atoms with van der Waals surface area (Å²) in [7, 11) is 0. The highest BCUT2D eigenvalue weighted by Gasteiger charge is 2.22. The second-order valence-electron chi connectivity index (χ2n) is 11.8. The van der Waals surface area contributed by atoms with Gasteiger partial charge in [-0.15, -0.1) is 0 Å². The zero-order valence-corrected chi connectivity index (χ0v) is 26.2. The molecule has 0 aliphatic rings. The number of hydrogen-bond acceptors (Lipinski definition) is 4. The predicted molar refractivity (Wildman–Crippen MR) is 203 cm³/mol. The van der Waals surface area contributed by atoms with Crippen LogP contribution in [-0.4, -0.2) is 19.5 Å². The fourth-order valence-electron chi connectivity index (χ4n) is 6.70. The van der Waals surface area contributed by atoms with Crippen molar-refractivity contribution < 1.29 is 16.8 Å². The van der Waals surface area contributed by atoms with Gasteiger partial charge in [0.05, 0.1) is 23.4 Å². The minimum Gasteiger partial charge on any atom is -0.456 e. The molecule has 0 fully saturated rings. The predicted octanol–water partition coefficient (Wildman–Crippen LogP) is 11.5. The largest absolute Gasteiger partial charge is 0.456 e. The molecule has 5 heteroatoms. The lowest BCUT2D eigenvalue weighted by Gasteiger charge is -2.13. The van der Waals surface area contributed by atoms with Crippen molar-refractivity contribution in [1.82, 2.24) is 19.5 Å². The summed E-state index contributed by atoms with van der Waals surface area (Å²) < 4.78 is 86.8. The zero-order valence-electron chi connectivity index (χ0n) is 35.2. The normalized spacial score (nSPS) is 14.1. The molecule has 0 aliphatic carbocycles. The SMILES string of the molecule is [2H]c1c([2H])c([2H])c(-c2cccc3c4c([2H])c([2H])c([2H])c([2H])c4n(-c4nc(-c5cccc(-c6ccccc6)c5)nc(-c5cccc6oc7ccccc7c56)n4)c23)c([2H])c1[2H]. The van der Waals surface area contributed by atoms with E-state index in [0.717, 1.165) is 21.9 Å². The van der Waals surface area contributed by atoms with Gasteiger partial charge in [-0.1, -0.05) is 145 Å². The highest BCUT2D eigenvalue weighted by atomic mass is 16.3. The zero-order chi connectivity index (χ0) is 40.9. The molecule has 0 saturated carbocycles. The number of aromatic nitrogens is 4. The second kappa shape index (κ2) is 11.4. The third kappa shape index (κ3) is 4.52. The number of rotatable bonds is 5. The van der Waals surface area contributed by atoms with Crippen LogP contribution in [-0.2, 0) is 0 Å². The average molecular weight is 650 g/mol. The fourth-order valence-corrected chi connectivity index (χ4v) is 6.70. The first-order valence-corrected chi connectivity index (χ1v) is 16.0. The summed E-state index contributed by atoms with van der Waals surface area (Å²) in [5.41, 5.74) is 4.74. The molecule has 0 saturated heterocycles. The fraction of sp³-hybridized carbons (Fsp3) is 0. The molecule has 5 nitrogen and oxygen atoms in total. The van der Waals surface area contributed by atoms with Crippen LogP contribution in [0.25, 0.3) is 94.7 Å². The Morgan fingerprint density at radius 2 is 1.16 bits per heavy atom. The topological polar surface area (TPSA) is 56.7 Å². The van der Waals surface area contributed by atoms with Gasteiger partial charge in [0.2, 0.25) is 5.95 Å². The number of para-hydroxylation sites is 3. The Kier molecular flexibility index (Phi) is 4.67. The summed E-state index contributed by atoms with van der Waals surface area (Å²) >= 11 is 0. The molecule has 0 unspecified atom stereocenters. The van der Waals surface area contributed by atoms with Crippen molar-refractivity contribution in [2.24, 2.45) is 0 Å². The molecular weight excluding hydrogens is 613 g/mol. The standard InChI is InChI=1S/C45H28N4O/c1-3-14-29(15-4-1)31-18-11-19-32(28-31)43-46-44(37-24-13-27-40-41(37)36-21-8-10-26-39(36)50-40)48-45(47-43)49-38-25-9-7-20-34(38)35-23-12-22-33(42(35)49)30-16-5-2-6-17-30/h1-28H/i2D,5D,6D,7D,9D,16D,17D,20D,25D. The molecule has 0 bridgehead atoms. The van der Waals surface area contributed by atoms with E-state index in [2.05, 4.69) is 0 Å². The molecule has 234 valence electrons. The Balaban J connectivity index is 1.37. The van der Waals surface area contributed by atoms with Gasteiger partial charge in [-0.2, -0.15) is 9.97 Å². The third-order valence-corrected chi connectivity index (χ3v) is 8.88. The second-order valence-corrected chi connectivity index (χ2v) is 11.8. The van der Waals surface area contributed by atoms with Crippen molar-refractivity contribution in [3.63, 3.8) is 0 Å². The van der Waals surface area contributed by atoms with E-state index in [-0.39, 0.29) is 57.2 Å². The van der Waals surface area contributed by atoms with Crippen LogP contribution in [0.4, 0.5) is 0 Å². The van der Waals surface area contributed by atoms with Gasteiger partial charge >= 0.3 is 0 Å². The van der Waals surface area contributed by atoms with E-state index in [1.54, 1.807) is 18.2 Å². The van der Waals surface area contributed by atoms with Crippen molar-refractivity contribution >= 4 is 43.7 Å². The van der Waals surface area contributed by atoms with E-state index < -0.39 is 42.3 Å². The summed E-state index contributed by atoms with van der Waals surface area (Å²) in [5.74, 6) is 0.469. The number of hydrogen-bond donors (Lipinski definition) is 0. The number of nitrogens with zero attached hydrogens (tertiary/aromatic N) is 4. The van der Waals surface area contributed by atoms with Gasteiger partial charge in [0.25, 0.3) is 0 Å². The van der Waals surface area contributed by atoms with Gasteiger partial charge in [0.15, 0.2) is 11.6 Å². The van der Waals surface area contributed by atoms with Crippen LogP contribution >= 0.6 is 0 Å². The summed E-state index contributed by atoms with van der Waals surface area (Å²) in [6, 6.07) is 31.5. The first-order chi connectivity index (χ1) is 28.5. The summed E-state index contributed by atoms with van der Waals surface area (Å²) in [5, 5.41) is 2.09. The molecule has 7 aromatic carbocycles. The van der Waals surface area contributed by atoms with Gasteiger partial charge in [-0.3, -0.25) is 4.57 Å². The third-order valence-electron chi connectivity index (χ3n) is 8.88. The van der Waals surface area contributed by atoms with E-state index in [1.807, 2.05) is 97.1 Å². The lowest BCUT2D eigenvalue weighted by Crippen LogP contribution is -2.07. The Morgan fingerprint density at radius 3 is 2.08 bits per heavy atom. The van der Waals surface area contributed by atoms with E-state index in [1.165, 1.54) is 4.57 Å². The van der Waals surface area contributed by atoms with Crippen molar-refractivity contribution in [3.05, 3.63) is 170 Å². The number of furan rings is 1. The van der Waals surface area contributed by atoms with Crippen LogP contribution in [0.3, 0.4) is 0 Å². The first-order valence-electron chi connectivity index (χ1n) is 20.5. The first kappa shape index (κ1) is 20.5. The summed E-state index contributed by atoms with van der Waals surface area (Å²) in [6.07, 6.45) is 0. The number of benzene rings is 7. The van der Waals surface area contributed by atoms with Crippen molar-refractivity contribution in [2.45, 2.75) is 0 Å². The molecule has 0 spiro atoms. The maximum Gasteiger partial charge on any atom is 0.238 e. The molecule has 10 aromatic rings. The lowest BCUT2D eigenvalue weighted by molar-refractivity contribution is 0.669. The quantitative estimate of drug-likeness (QED) is 0.186. The van der Waals surface area contributed by atoms with Crippen LogP contribution in [0.2, 0.25) is 0 Å². The van der Waals surface area contributed by atoms with Crippen molar-refractivity contribution in [1.29, 1.82) is 0 Å². The molecule has 0 radical (unpaired) electrons. The average Bonchev–Trinajstić information content (AvgIpc) is 3.83. The Hall–Kier alpha value is -6.85. The van der Waals surface area contributed by atoms with Crippen LogP contribution in [0, 0.1) is 0 Å². The molecule has 0 aliphatic heterocycles. The monoisotopic (exact) mass is 649 g/mol. The lowest BCUT2D eigenvalue weighted by atomic mass is 10.0.